The molecule has 1 saturated heterocycles. The maximum Gasteiger partial charge on any atom is 0.165 e. The highest BCUT2D eigenvalue weighted by Crippen LogP contribution is 2.60. The predicted octanol–water partition coefficient (Wildman–Crippen LogP) is 3.55. The van der Waals surface area contributed by atoms with Gasteiger partial charge in [0, 0.05) is 17.4 Å². The van der Waals surface area contributed by atoms with Crippen LogP contribution in [0.5, 0.6) is 11.5 Å². The van der Waals surface area contributed by atoms with Gasteiger partial charge in [0.15, 0.2) is 11.5 Å². The average molecular weight is 339 g/mol. The molecule has 3 heterocycles. The molecule has 4 unspecified atom stereocenters. The molecule has 132 valence electrons. The second kappa shape index (κ2) is 5.80. The smallest absolute Gasteiger partial charge is 0.165 e. The minimum Gasteiger partial charge on any atom is -0.493 e. The summed E-state index contributed by atoms with van der Waals surface area (Å²) in [7, 11) is 1.73. The molecule has 0 radical (unpaired) electrons. The number of furan rings is 1. The number of nitrogens with one attached hydrogen (secondary N) is 1. The van der Waals surface area contributed by atoms with Gasteiger partial charge in [0.2, 0.25) is 0 Å². The molecule has 4 heteroatoms. The number of piperidine rings is 1. The Morgan fingerprint density at radius 1 is 1.20 bits per heavy atom. The van der Waals surface area contributed by atoms with Crippen LogP contribution in [0.2, 0.25) is 0 Å². The van der Waals surface area contributed by atoms with Crippen LogP contribution in [0.3, 0.4) is 0 Å². The minimum absolute atomic E-state index is 0.0696. The Kier molecular flexibility index (Phi) is 3.56. The largest absolute Gasteiger partial charge is 0.493 e. The molecule has 1 saturated carbocycles. The van der Waals surface area contributed by atoms with Gasteiger partial charge in [-0.05, 0) is 62.4 Å². The van der Waals surface area contributed by atoms with E-state index in [9.17, 15) is 0 Å². The van der Waals surface area contributed by atoms with Crippen LogP contribution in [-0.4, -0.2) is 26.3 Å². The summed E-state index contributed by atoms with van der Waals surface area (Å²) >= 11 is 0. The molecule has 1 aromatic heterocycles. The number of fused-ring (bicyclic) bond motifs is 1. The topological polar surface area (TPSA) is 43.6 Å². The fourth-order valence-electron chi connectivity index (χ4n) is 5.72. The molecule has 0 bridgehead atoms. The summed E-state index contributed by atoms with van der Waals surface area (Å²) < 4.78 is 17.9. The third-order valence-electron chi connectivity index (χ3n) is 6.64. The van der Waals surface area contributed by atoms with Crippen LogP contribution in [0, 0.1) is 11.8 Å². The van der Waals surface area contributed by atoms with Crippen molar-refractivity contribution in [2.24, 2.45) is 11.8 Å². The lowest BCUT2D eigenvalue weighted by atomic mass is 9.53. The molecule has 1 N–H and O–H groups in total. The standard InChI is InChI=1S/C21H25NO3/c1-23-18-8-3-7-17-20(18)25-19-9-2-5-14-12-22-13-15(21(14,17)19)11-16-6-4-10-24-16/h3-4,6-8,10,14-15,19,22H,2,5,9,11-13H2,1H3. The number of benzene rings is 1. The predicted molar refractivity (Wildman–Crippen MR) is 95.2 cm³/mol. The Morgan fingerprint density at radius 2 is 2.16 bits per heavy atom. The summed E-state index contributed by atoms with van der Waals surface area (Å²) in [5.41, 5.74) is 1.43. The summed E-state index contributed by atoms with van der Waals surface area (Å²) in [6.45, 7) is 2.08. The number of ether oxygens (including phenoxy) is 2. The zero-order chi connectivity index (χ0) is 16.9. The molecule has 0 amide bonds. The normalized spacial score (nSPS) is 33.1. The van der Waals surface area contributed by atoms with Gasteiger partial charge in [-0.2, -0.15) is 0 Å². The van der Waals surface area contributed by atoms with Gasteiger partial charge >= 0.3 is 0 Å². The number of rotatable bonds is 3. The summed E-state index contributed by atoms with van der Waals surface area (Å²) in [4.78, 5) is 0. The second-order valence-corrected chi connectivity index (χ2v) is 7.64. The van der Waals surface area contributed by atoms with Crippen LogP contribution >= 0.6 is 0 Å². The van der Waals surface area contributed by atoms with Gasteiger partial charge in [-0.15, -0.1) is 0 Å². The van der Waals surface area contributed by atoms with Gasteiger partial charge in [0.1, 0.15) is 11.9 Å². The van der Waals surface area contributed by atoms with E-state index < -0.39 is 0 Å². The van der Waals surface area contributed by atoms with Crippen molar-refractivity contribution in [2.75, 3.05) is 20.2 Å². The maximum atomic E-state index is 6.56. The molecule has 5 rings (SSSR count). The highest BCUT2D eigenvalue weighted by Gasteiger charge is 2.61. The van der Waals surface area contributed by atoms with E-state index in [0.29, 0.717) is 11.8 Å². The van der Waals surface area contributed by atoms with E-state index in [1.165, 1.54) is 18.4 Å². The van der Waals surface area contributed by atoms with Crippen LogP contribution in [0.1, 0.15) is 30.6 Å². The van der Waals surface area contributed by atoms with E-state index in [1.807, 2.05) is 12.1 Å². The lowest BCUT2D eigenvalue weighted by Crippen LogP contribution is -2.61. The van der Waals surface area contributed by atoms with Crippen molar-refractivity contribution in [1.82, 2.24) is 5.32 Å². The molecule has 3 aliphatic rings. The lowest BCUT2D eigenvalue weighted by Gasteiger charge is -2.53. The van der Waals surface area contributed by atoms with Gasteiger partial charge < -0.3 is 19.2 Å². The second-order valence-electron chi connectivity index (χ2n) is 7.64. The van der Waals surface area contributed by atoms with Crippen molar-refractivity contribution in [1.29, 1.82) is 0 Å². The van der Waals surface area contributed by atoms with Gasteiger partial charge in [-0.25, -0.2) is 0 Å². The van der Waals surface area contributed by atoms with Crippen LogP contribution in [0.15, 0.2) is 41.0 Å². The van der Waals surface area contributed by atoms with E-state index in [0.717, 1.165) is 43.2 Å². The lowest BCUT2D eigenvalue weighted by molar-refractivity contribution is -0.00975. The summed E-state index contributed by atoms with van der Waals surface area (Å²) in [6.07, 6.45) is 6.61. The van der Waals surface area contributed by atoms with E-state index in [-0.39, 0.29) is 11.5 Å². The number of hydrogen-bond acceptors (Lipinski definition) is 4. The van der Waals surface area contributed by atoms with Crippen molar-refractivity contribution < 1.29 is 13.9 Å². The molecule has 4 nitrogen and oxygen atoms in total. The van der Waals surface area contributed by atoms with E-state index in [2.05, 4.69) is 23.5 Å². The fourth-order valence-corrected chi connectivity index (χ4v) is 5.72. The van der Waals surface area contributed by atoms with Crippen LogP contribution in [0.4, 0.5) is 0 Å². The van der Waals surface area contributed by atoms with E-state index >= 15 is 0 Å². The number of methoxy groups -OCH3 is 1. The zero-order valence-electron chi connectivity index (χ0n) is 14.7. The zero-order valence-corrected chi connectivity index (χ0v) is 14.7. The molecule has 25 heavy (non-hydrogen) atoms. The first-order valence-corrected chi connectivity index (χ1v) is 9.41. The summed E-state index contributed by atoms with van der Waals surface area (Å²) in [5, 5.41) is 3.68. The molecule has 2 aliphatic heterocycles. The molecule has 4 atom stereocenters. The van der Waals surface area contributed by atoms with Gasteiger partial charge in [0.25, 0.3) is 0 Å². The fraction of sp³-hybridized carbons (Fsp3) is 0.524. The third kappa shape index (κ3) is 2.10. The maximum absolute atomic E-state index is 6.56. The molecule has 2 fully saturated rings. The summed E-state index contributed by atoms with van der Waals surface area (Å²) in [5.74, 6) is 4.00. The van der Waals surface area contributed by atoms with Crippen molar-refractivity contribution >= 4 is 0 Å². The van der Waals surface area contributed by atoms with Crippen LogP contribution in [0.25, 0.3) is 0 Å². The molecule has 1 aromatic carbocycles. The first-order chi connectivity index (χ1) is 12.3. The Hall–Kier alpha value is -1.94. The molecule has 1 aliphatic carbocycles. The van der Waals surface area contributed by atoms with Gasteiger partial charge in [-0.3, -0.25) is 0 Å². The number of hydrogen-bond donors (Lipinski definition) is 1. The monoisotopic (exact) mass is 339 g/mol. The SMILES string of the molecule is COc1cccc2c1OC1CCCC3CNCC(Cc4ccco4)C231. The van der Waals surface area contributed by atoms with Crippen molar-refractivity contribution in [3.8, 4) is 11.5 Å². The minimum atomic E-state index is 0.0696. The number of para-hydroxylation sites is 1. The van der Waals surface area contributed by atoms with Crippen molar-refractivity contribution in [3.05, 3.63) is 47.9 Å². The highest BCUT2D eigenvalue weighted by atomic mass is 16.5. The third-order valence-corrected chi connectivity index (χ3v) is 6.64. The van der Waals surface area contributed by atoms with Gasteiger partial charge in [-0.1, -0.05) is 12.1 Å². The molecular formula is C21H25NO3. The highest BCUT2D eigenvalue weighted by molar-refractivity contribution is 5.55. The Morgan fingerprint density at radius 3 is 3.00 bits per heavy atom. The van der Waals surface area contributed by atoms with Crippen LogP contribution < -0.4 is 14.8 Å². The first-order valence-electron chi connectivity index (χ1n) is 9.41. The summed E-state index contributed by atoms with van der Waals surface area (Å²) in [6, 6.07) is 10.5. The van der Waals surface area contributed by atoms with Crippen molar-refractivity contribution in [3.63, 3.8) is 0 Å². The Labute approximate surface area is 148 Å². The average Bonchev–Trinajstić information content (AvgIpc) is 3.27. The van der Waals surface area contributed by atoms with Crippen LogP contribution in [-0.2, 0) is 11.8 Å². The van der Waals surface area contributed by atoms with E-state index in [1.54, 1.807) is 13.4 Å². The quantitative estimate of drug-likeness (QED) is 0.929. The Balaban J connectivity index is 1.65. The molecular weight excluding hydrogens is 314 g/mol. The van der Waals surface area contributed by atoms with E-state index in [4.69, 9.17) is 13.9 Å². The first kappa shape index (κ1) is 15.3. The molecule has 2 aromatic rings. The Bertz CT molecular complexity index is 755. The van der Waals surface area contributed by atoms with Gasteiger partial charge in [0.05, 0.1) is 13.4 Å². The molecule has 1 spiro atoms. The van der Waals surface area contributed by atoms with Crippen molar-refractivity contribution in [2.45, 2.75) is 37.2 Å².